The van der Waals surface area contributed by atoms with E-state index in [0.29, 0.717) is 15.6 Å². The molecule has 0 saturated carbocycles. The van der Waals surface area contributed by atoms with Gasteiger partial charge < -0.3 is 16.6 Å². The summed E-state index contributed by atoms with van der Waals surface area (Å²) in [6.45, 7) is 0.0731. The largest absolute Gasteiger partial charge is 0.386 e. The molecule has 0 bridgehead atoms. The Hall–Kier alpha value is -0.970. The molecule has 15 heavy (non-hydrogen) atoms. The van der Waals surface area contributed by atoms with E-state index in [1.807, 2.05) is 0 Å². The molecule has 4 nitrogen and oxygen atoms in total. The molecular formula is C9H11Cl2N3O. The molecule has 1 aromatic carbocycles. The number of halogens is 2. The van der Waals surface area contributed by atoms with Gasteiger partial charge in [-0.15, -0.1) is 0 Å². The first-order chi connectivity index (χ1) is 7.00. The maximum absolute atomic E-state index is 9.70. The molecule has 1 atom stereocenters. The highest BCUT2D eigenvalue weighted by molar-refractivity contribution is 6.35. The lowest BCUT2D eigenvalue weighted by Gasteiger charge is -2.10. The molecule has 5 N–H and O–H groups in total. The van der Waals surface area contributed by atoms with Gasteiger partial charge in [0.05, 0.1) is 6.54 Å². The molecule has 0 amide bonds. The van der Waals surface area contributed by atoms with E-state index in [9.17, 15) is 5.11 Å². The second-order valence-corrected chi connectivity index (χ2v) is 3.79. The number of guanidine groups is 1. The number of aliphatic hydroxyl groups excluding tert-OH is 1. The third-order valence-corrected chi connectivity index (χ3v) is 2.33. The first-order valence-corrected chi connectivity index (χ1v) is 4.94. The van der Waals surface area contributed by atoms with Crippen molar-refractivity contribution in [2.24, 2.45) is 16.5 Å². The number of aliphatic imine (C=N–C) groups is 1. The Balaban J connectivity index is 2.82. The van der Waals surface area contributed by atoms with E-state index < -0.39 is 6.10 Å². The van der Waals surface area contributed by atoms with Crippen LogP contribution in [0.25, 0.3) is 0 Å². The molecule has 0 saturated heterocycles. The number of hydrogen-bond donors (Lipinski definition) is 3. The third kappa shape index (κ3) is 3.58. The zero-order chi connectivity index (χ0) is 11.4. The first kappa shape index (κ1) is 12.1. The van der Waals surface area contributed by atoms with Crippen LogP contribution in [0.3, 0.4) is 0 Å². The Morgan fingerprint density at radius 2 is 2.07 bits per heavy atom. The zero-order valence-electron chi connectivity index (χ0n) is 7.82. The summed E-state index contributed by atoms with van der Waals surface area (Å²) in [5, 5.41) is 10.6. The normalized spacial score (nSPS) is 12.2. The Morgan fingerprint density at radius 1 is 1.40 bits per heavy atom. The summed E-state index contributed by atoms with van der Waals surface area (Å²) in [7, 11) is 0. The molecule has 0 fully saturated rings. The molecule has 0 aromatic heterocycles. The highest BCUT2D eigenvalue weighted by Crippen LogP contribution is 2.26. The second kappa shape index (κ2) is 5.21. The van der Waals surface area contributed by atoms with E-state index in [1.165, 1.54) is 0 Å². The van der Waals surface area contributed by atoms with Crippen LogP contribution in [0.2, 0.25) is 10.0 Å². The van der Waals surface area contributed by atoms with Crippen molar-refractivity contribution in [2.45, 2.75) is 6.10 Å². The third-order valence-electron chi connectivity index (χ3n) is 1.77. The van der Waals surface area contributed by atoms with Crippen molar-refractivity contribution < 1.29 is 5.11 Å². The van der Waals surface area contributed by atoms with Crippen molar-refractivity contribution in [3.8, 4) is 0 Å². The molecule has 0 heterocycles. The second-order valence-electron chi connectivity index (χ2n) is 2.95. The number of nitrogens with zero attached hydrogens (tertiary/aromatic N) is 1. The van der Waals surface area contributed by atoms with Gasteiger partial charge in [0.2, 0.25) is 0 Å². The monoisotopic (exact) mass is 247 g/mol. The summed E-state index contributed by atoms with van der Waals surface area (Å²) in [4.78, 5) is 3.70. The maximum Gasteiger partial charge on any atom is 0.186 e. The fourth-order valence-electron chi connectivity index (χ4n) is 1.06. The van der Waals surface area contributed by atoms with Crippen molar-refractivity contribution in [3.05, 3.63) is 33.8 Å². The van der Waals surface area contributed by atoms with Gasteiger partial charge in [-0.05, 0) is 12.1 Å². The predicted octanol–water partition coefficient (Wildman–Crippen LogP) is 1.30. The standard InChI is InChI=1S/C9H11Cl2N3O/c10-5-1-2-6(7(11)3-5)8(15)4-14-9(12)13/h1-3,8,15H,4H2,(H4,12,13,14). The fraction of sp³-hybridized carbons (Fsp3) is 0.222. The molecule has 1 rings (SSSR count). The Kier molecular flexibility index (Phi) is 4.20. The van der Waals surface area contributed by atoms with Crippen LogP contribution in [-0.4, -0.2) is 17.6 Å². The van der Waals surface area contributed by atoms with E-state index >= 15 is 0 Å². The van der Waals surface area contributed by atoms with Gasteiger partial charge in [0.1, 0.15) is 6.10 Å². The van der Waals surface area contributed by atoms with Gasteiger partial charge in [0, 0.05) is 15.6 Å². The molecule has 82 valence electrons. The Morgan fingerprint density at radius 3 is 2.60 bits per heavy atom. The van der Waals surface area contributed by atoms with Crippen LogP contribution >= 0.6 is 23.2 Å². The van der Waals surface area contributed by atoms with Crippen molar-refractivity contribution in [1.29, 1.82) is 0 Å². The SMILES string of the molecule is NC(N)=NCC(O)c1ccc(Cl)cc1Cl. The molecule has 0 aliphatic rings. The lowest BCUT2D eigenvalue weighted by molar-refractivity contribution is 0.187. The van der Waals surface area contributed by atoms with Gasteiger partial charge >= 0.3 is 0 Å². The van der Waals surface area contributed by atoms with Gasteiger partial charge in [-0.3, -0.25) is 4.99 Å². The maximum atomic E-state index is 9.70. The van der Waals surface area contributed by atoms with Crippen molar-refractivity contribution in [1.82, 2.24) is 0 Å². The average Bonchev–Trinajstić information content (AvgIpc) is 2.14. The summed E-state index contributed by atoms with van der Waals surface area (Å²) in [5.74, 6) is -0.0702. The lowest BCUT2D eigenvalue weighted by atomic mass is 10.1. The Labute approximate surface area is 97.5 Å². The van der Waals surface area contributed by atoms with Gasteiger partial charge in [-0.2, -0.15) is 0 Å². The van der Waals surface area contributed by atoms with E-state index in [0.717, 1.165) is 0 Å². The van der Waals surface area contributed by atoms with Crippen molar-refractivity contribution in [3.63, 3.8) is 0 Å². The minimum atomic E-state index is -0.836. The van der Waals surface area contributed by atoms with Gasteiger partial charge in [-0.1, -0.05) is 29.3 Å². The van der Waals surface area contributed by atoms with Crippen LogP contribution in [-0.2, 0) is 0 Å². The molecule has 1 aromatic rings. The molecular weight excluding hydrogens is 237 g/mol. The molecule has 0 aliphatic carbocycles. The van der Waals surface area contributed by atoms with Crippen LogP contribution in [0.15, 0.2) is 23.2 Å². The van der Waals surface area contributed by atoms with Crippen molar-refractivity contribution >= 4 is 29.2 Å². The minimum absolute atomic E-state index is 0.0702. The van der Waals surface area contributed by atoms with E-state index in [-0.39, 0.29) is 12.5 Å². The molecule has 1 unspecified atom stereocenters. The number of aliphatic hydroxyl groups is 1. The topological polar surface area (TPSA) is 84.6 Å². The molecule has 0 aliphatic heterocycles. The van der Waals surface area contributed by atoms with Gasteiger partial charge in [-0.25, -0.2) is 0 Å². The quantitative estimate of drug-likeness (QED) is 0.556. The first-order valence-electron chi connectivity index (χ1n) is 4.19. The summed E-state index contributed by atoms with van der Waals surface area (Å²) < 4.78 is 0. The number of hydrogen-bond acceptors (Lipinski definition) is 2. The van der Waals surface area contributed by atoms with Gasteiger partial charge in [0.15, 0.2) is 5.96 Å². The summed E-state index contributed by atoms with van der Waals surface area (Å²) in [6, 6.07) is 4.83. The fourth-order valence-corrected chi connectivity index (χ4v) is 1.60. The molecule has 6 heteroatoms. The van der Waals surface area contributed by atoms with Crippen molar-refractivity contribution in [2.75, 3.05) is 6.54 Å². The van der Waals surface area contributed by atoms with Gasteiger partial charge in [0.25, 0.3) is 0 Å². The zero-order valence-corrected chi connectivity index (χ0v) is 9.33. The molecule has 0 spiro atoms. The smallest absolute Gasteiger partial charge is 0.186 e. The van der Waals surface area contributed by atoms with E-state index in [4.69, 9.17) is 34.7 Å². The van der Waals surface area contributed by atoms with Crippen LogP contribution < -0.4 is 11.5 Å². The summed E-state index contributed by atoms with van der Waals surface area (Å²) in [6.07, 6.45) is -0.836. The van der Waals surface area contributed by atoms with E-state index in [2.05, 4.69) is 4.99 Å². The van der Waals surface area contributed by atoms with Crippen LogP contribution in [0, 0.1) is 0 Å². The number of nitrogens with two attached hydrogens (primary N) is 2. The van der Waals surface area contributed by atoms with Crippen LogP contribution in [0.4, 0.5) is 0 Å². The lowest BCUT2D eigenvalue weighted by Crippen LogP contribution is -2.23. The highest BCUT2D eigenvalue weighted by Gasteiger charge is 2.11. The number of benzene rings is 1. The minimum Gasteiger partial charge on any atom is -0.386 e. The summed E-state index contributed by atoms with van der Waals surface area (Å²) in [5.41, 5.74) is 10.8. The van der Waals surface area contributed by atoms with E-state index in [1.54, 1.807) is 18.2 Å². The summed E-state index contributed by atoms with van der Waals surface area (Å²) >= 11 is 11.6. The Bertz CT molecular complexity index is 378. The average molecular weight is 248 g/mol. The molecule has 0 radical (unpaired) electrons. The highest BCUT2D eigenvalue weighted by atomic mass is 35.5. The number of rotatable bonds is 3. The van der Waals surface area contributed by atoms with Crippen LogP contribution in [0.1, 0.15) is 11.7 Å². The van der Waals surface area contributed by atoms with Crippen LogP contribution in [0.5, 0.6) is 0 Å². The predicted molar refractivity (Wildman–Crippen MR) is 62.1 cm³/mol.